The van der Waals surface area contributed by atoms with Crippen LogP contribution in [0.2, 0.25) is 0 Å². The van der Waals surface area contributed by atoms with Crippen molar-refractivity contribution in [1.82, 2.24) is 4.90 Å². The van der Waals surface area contributed by atoms with Crippen LogP contribution in [0, 0.1) is 28.6 Å². The molecule has 2 atom stereocenters. The Hall–Kier alpha value is -1.59. The highest BCUT2D eigenvalue weighted by Crippen LogP contribution is 2.25. The van der Waals surface area contributed by atoms with Gasteiger partial charge in [-0.1, -0.05) is 0 Å². The predicted molar refractivity (Wildman–Crippen MR) is 53.1 cm³/mol. The first-order valence-corrected chi connectivity index (χ1v) is 4.97. The normalized spacial score (nSPS) is 24.2. The monoisotopic (exact) mass is 206 g/mol. The topological polar surface area (TPSA) is 93.9 Å². The highest BCUT2D eigenvalue weighted by molar-refractivity contribution is 5.79. The van der Waals surface area contributed by atoms with Crippen LogP contribution in [-0.4, -0.2) is 29.9 Å². The molecule has 15 heavy (non-hydrogen) atoms. The average Bonchev–Trinajstić information content (AvgIpc) is 2.63. The number of nitrogens with zero attached hydrogens (tertiary/aromatic N) is 3. The summed E-state index contributed by atoms with van der Waals surface area (Å²) in [5.74, 6) is -0.201. The summed E-state index contributed by atoms with van der Waals surface area (Å²) in [6.07, 6.45) is 2.29. The second-order valence-electron chi connectivity index (χ2n) is 3.78. The quantitative estimate of drug-likeness (QED) is 0.657. The van der Waals surface area contributed by atoms with Gasteiger partial charge in [0.2, 0.25) is 5.91 Å². The van der Waals surface area contributed by atoms with Crippen LogP contribution < -0.4 is 5.73 Å². The second-order valence-corrected chi connectivity index (χ2v) is 3.78. The maximum absolute atomic E-state index is 11.8. The molecule has 0 saturated heterocycles. The number of amides is 1. The van der Waals surface area contributed by atoms with Gasteiger partial charge in [0.1, 0.15) is 13.1 Å². The minimum absolute atomic E-state index is 0.0157. The summed E-state index contributed by atoms with van der Waals surface area (Å²) >= 11 is 0. The van der Waals surface area contributed by atoms with Crippen LogP contribution in [0.5, 0.6) is 0 Å². The zero-order valence-corrected chi connectivity index (χ0v) is 8.52. The molecule has 1 aliphatic rings. The summed E-state index contributed by atoms with van der Waals surface area (Å²) in [5.41, 5.74) is 5.71. The zero-order valence-electron chi connectivity index (χ0n) is 8.52. The Bertz CT molecular complexity index is 298. The molecule has 0 bridgehead atoms. The van der Waals surface area contributed by atoms with E-state index in [4.69, 9.17) is 16.3 Å². The van der Waals surface area contributed by atoms with E-state index in [1.54, 1.807) is 0 Å². The number of hydrogen-bond donors (Lipinski definition) is 1. The molecule has 5 nitrogen and oxygen atoms in total. The molecular weight excluding hydrogens is 192 g/mol. The SMILES string of the molecule is N#CCN(CC#N)C(=O)C1CCC(N)C1. The maximum atomic E-state index is 11.8. The molecule has 2 unspecified atom stereocenters. The molecule has 0 heterocycles. The lowest BCUT2D eigenvalue weighted by Gasteiger charge is -2.19. The Morgan fingerprint density at radius 2 is 1.93 bits per heavy atom. The minimum Gasteiger partial charge on any atom is -0.328 e. The summed E-state index contributed by atoms with van der Waals surface area (Å²) < 4.78 is 0. The van der Waals surface area contributed by atoms with Crippen molar-refractivity contribution < 1.29 is 4.79 Å². The Morgan fingerprint density at radius 1 is 1.33 bits per heavy atom. The van der Waals surface area contributed by atoms with Crippen LogP contribution >= 0.6 is 0 Å². The molecule has 80 valence electrons. The van der Waals surface area contributed by atoms with Crippen molar-refractivity contribution >= 4 is 5.91 Å². The van der Waals surface area contributed by atoms with Crippen LogP contribution in [0.1, 0.15) is 19.3 Å². The summed E-state index contributed by atoms with van der Waals surface area (Å²) in [6.45, 7) is -0.0315. The van der Waals surface area contributed by atoms with Crippen LogP contribution in [-0.2, 0) is 4.79 Å². The van der Waals surface area contributed by atoms with E-state index in [0.717, 1.165) is 12.8 Å². The summed E-state index contributed by atoms with van der Waals surface area (Å²) in [5, 5.41) is 17.1. The summed E-state index contributed by atoms with van der Waals surface area (Å²) in [7, 11) is 0. The molecule has 0 aromatic carbocycles. The van der Waals surface area contributed by atoms with E-state index >= 15 is 0 Å². The number of nitrogens with two attached hydrogens (primary N) is 1. The molecule has 0 aliphatic heterocycles. The Labute approximate surface area is 89.1 Å². The number of carbonyl (C=O) groups is 1. The van der Waals surface area contributed by atoms with E-state index < -0.39 is 0 Å². The molecule has 0 aromatic heterocycles. The van der Waals surface area contributed by atoms with E-state index in [1.165, 1.54) is 4.90 Å². The lowest BCUT2D eigenvalue weighted by molar-refractivity contribution is -0.134. The van der Waals surface area contributed by atoms with Crippen molar-refractivity contribution in [3.63, 3.8) is 0 Å². The molecule has 1 saturated carbocycles. The molecule has 1 rings (SSSR count). The highest BCUT2D eigenvalue weighted by Gasteiger charge is 2.30. The Kier molecular flexibility index (Phi) is 4.08. The third-order valence-corrected chi connectivity index (χ3v) is 2.66. The first-order valence-electron chi connectivity index (χ1n) is 4.97. The van der Waals surface area contributed by atoms with Gasteiger partial charge in [0.05, 0.1) is 12.1 Å². The third-order valence-electron chi connectivity index (χ3n) is 2.66. The Morgan fingerprint density at radius 3 is 2.33 bits per heavy atom. The first-order chi connectivity index (χ1) is 7.19. The first kappa shape index (κ1) is 11.5. The molecule has 0 aromatic rings. The van der Waals surface area contributed by atoms with Crippen molar-refractivity contribution in [3.8, 4) is 12.1 Å². The van der Waals surface area contributed by atoms with E-state index in [2.05, 4.69) is 0 Å². The van der Waals surface area contributed by atoms with Gasteiger partial charge in [-0.15, -0.1) is 0 Å². The van der Waals surface area contributed by atoms with Gasteiger partial charge in [0.15, 0.2) is 0 Å². The van der Waals surface area contributed by atoms with Crippen molar-refractivity contribution in [2.24, 2.45) is 11.7 Å². The standard InChI is InChI=1S/C10H14N4O/c11-3-5-14(6-4-12)10(15)8-1-2-9(13)7-8/h8-9H,1-2,5-7,13H2. The smallest absolute Gasteiger partial charge is 0.227 e. The number of nitriles is 2. The Balaban J connectivity index is 2.57. The van der Waals surface area contributed by atoms with Gasteiger partial charge < -0.3 is 10.6 Å². The van der Waals surface area contributed by atoms with Gasteiger partial charge in [0.25, 0.3) is 0 Å². The van der Waals surface area contributed by atoms with Crippen LogP contribution in [0.3, 0.4) is 0 Å². The fourth-order valence-corrected chi connectivity index (χ4v) is 1.88. The third kappa shape index (κ3) is 2.93. The van der Waals surface area contributed by atoms with Crippen molar-refractivity contribution in [2.45, 2.75) is 25.3 Å². The largest absolute Gasteiger partial charge is 0.328 e. The minimum atomic E-state index is -0.106. The van der Waals surface area contributed by atoms with Crippen LogP contribution in [0.25, 0.3) is 0 Å². The second kappa shape index (κ2) is 5.33. The fourth-order valence-electron chi connectivity index (χ4n) is 1.88. The molecule has 0 radical (unpaired) electrons. The average molecular weight is 206 g/mol. The van der Waals surface area contributed by atoms with Gasteiger partial charge in [-0.05, 0) is 19.3 Å². The maximum Gasteiger partial charge on any atom is 0.227 e. The fraction of sp³-hybridized carbons (Fsp3) is 0.700. The van der Waals surface area contributed by atoms with Crippen molar-refractivity contribution in [1.29, 1.82) is 10.5 Å². The van der Waals surface area contributed by atoms with E-state index in [0.29, 0.717) is 6.42 Å². The highest BCUT2D eigenvalue weighted by atomic mass is 16.2. The number of carbonyl (C=O) groups excluding carboxylic acids is 1. The zero-order chi connectivity index (χ0) is 11.3. The lowest BCUT2D eigenvalue weighted by Crippen LogP contribution is -2.36. The van der Waals surface area contributed by atoms with E-state index in [9.17, 15) is 4.79 Å². The van der Waals surface area contributed by atoms with Crippen LogP contribution in [0.15, 0.2) is 0 Å². The van der Waals surface area contributed by atoms with Crippen LogP contribution in [0.4, 0.5) is 0 Å². The van der Waals surface area contributed by atoms with Gasteiger partial charge in [-0.3, -0.25) is 4.79 Å². The van der Waals surface area contributed by atoms with E-state index in [1.807, 2.05) is 12.1 Å². The van der Waals surface area contributed by atoms with E-state index in [-0.39, 0.29) is 31.0 Å². The van der Waals surface area contributed by atoms with Gasteiger partial charge in [0, 0.05) is 12.0 Å². The van der Waals surface area contributed by atoms with Gasteiger partial charge >= 0.3 is 0 Å². The molecule has 1 amide bonds. The number of hydrogen-bond acceptors (Lipinski definition) is 4. The van der Waals surface area contributed by atoms with Crippen molar-refractivity contribution in [3.05, 3.63) is 0 Å². The summed E-state index contributed by atoms with van der Waals surface area (Å²) in [6, 6.07) is 3.87. The predicted octanol–water partition coefficient (Wildman–Crippen LogP) is -0.0104. The molecule has 2 N–H and O–H groups in total. The summed E-state index contributed by atoms with van der Waals surface area (Å²) in [4.78, 5) is 13.1. The molecule has 5 heteroatoms. The molecular formula is C10H14N4O. The van der Waals surface area contributed by atoms with Gasteiger partial charge in [-0.2, -0.15) is 10.5 Å². The lowest BCUT2D eigenvalue weighted by atomic mass is 10.1. The van der Waals surface area contributed by atoms with Crippen molar-refractivity contribution in [2.75, 3.05) is 13.1 Å². The molecule has 1 fully saturated rings. The molecule has 0 spiro atoms. The molecule has 1 aliphatic carbocycles. The number of rotatable bonds is 3. The van der Waals surface area contributed by atoms with Gasteiger partial charge in [-0.25, -0.2) is 0 Å².